The van der Waals surface area contributed by atoms with E-state index in [-0.39, 0.29) is 34.9 Å². The molecule has 0 spiro atoms. The van der Waals surface area contributed by atoms with Crippen molar-refractivity contribution in [1.82, 2.24) is 15.1 Å². The number of aromatic amines is 1. The summed E-state index contributed by atoms with van der Waals surface area (Å²) in [6.45, 7) is 0.684. The predicted octanol–water partition coefficient (Wildman–Crippen LogP) is 3.61. The summed E-state index contributed by atoms with van der Waals surface area (Å²) >= 11 is 3.40. The number of halogens is 1. The number of nitro groups is 1. The minimum absolute atomic E-state index is 0.00299. The van der Waals surface area contributed by atoms with Gasteiger partial charge in [-0.15, -0.1) is 0 Å². The number of aromatic nitrogens is 3. The number of pyridine rings is 1. The Balaban J connectivity index is 1.51. The highest BCUT2D eigenvalue weighted by molar-refractivity contribution is 9.10. The molecule has 0 saturated heterocycles. The molecular weight excluding hydrogens is 472 g/mol. The van der Waals surface area contributed by atoms with E-state index in [1.165, 1.54) is 12.1 Å². The summed E-state index contributed by atoms with van der Waals surface area (Å²) in [6.07, 6.45) is -0.00299. The normalized spacial score (nSPS) is 12.8. The number of rotatable bonds is 4. The molecule has 1 N–H and O–H groups in total. The molecule has 10 nitrogen and oxygen atoms in total. The van der Waals surface area contributed by atoms with Crippen molar-refractivity contribution < 1.29 is 18.9 Å². The number of H-pyrrole nitrogens is 1. The van der Waals surface area contributed by atoms with E-state index in [0.717, 1.165) is 9.86 Å². The van der Waals surface area contributed by atoms with Gasteiger partial charge in [-0.05, 0) is 30.3 Å². The summed E-state index contributed by atoms with van der Waals surface area (Å²) in [6, 6.07) is 10.00. The predicted molar refractivity (Wildman–Crippen MR) is 112 cm³/mol. The van der Waals surface area contributed by atoms with E-state index in [0.29, 0.717) is 35.8 Å². The van der Waals surface area contributed by atoms with Crippen LogP contribution in [0.1, 0.15) is 11.5 Å². The van der Waals surface area contributed by atoms with Gasteiger partial charge in [0, 0.05) is 20.9 Å². The zero-order valence-corrected chi connectivity index (χ0v) is 17.3. The largest absolute Gasteiger partial charge is 0.486 e. The molecular formula is C20H13BrN4O6. The van der Waals surface area contributed by atoms with Crippen LogP contribution in [0.5, 0.6) is 11.5 Å². The van der Waals surface area contributed by atoms with Crippen LogP contribution in [0.15, 0.2) is 50.2 Å². The van der Waals surface area contributed by atoms with Gasteiger partial charge in [-0.25, -0.2) is 0 Å². The second-order valence-corrected chi connectivity index (χ2v) is 7.73. The number of hydrogen-bond acceptors (Lipinski definition) is 8. The van der Waals surface area contributed by atoms with Gasteiger partial charge in [0.05, 0.1) is 23.0 Å². The van der Waals surface area contributed by atoms with Crippen molar-refractivity contribution >= 4 is 32.5 Å². The van der Waals surface area contributed by atoms with Crippen LogP contribution in [-0.4, -0.2) is 33.3 Å². The SMILES string of the molecule is O=c1[nH]c2ccc(Br)cc2cc1-c1noc(Cc2cc3c(cc2[N+](=O)[O-])OCCO3)n1. The molecule has 0 amide bonds. The van der Waals surface area contributed by atoms with Gasteiger partial charge in [0.15, 0.2) is 11.5 Å². The number of nitrogens with zero attached hydrogens (tertiary/aromatic N) is 3. The molecule has 11 heteroatoms. The Hall–Kier alpha value is -3.73. The minimum atomic E-state index is -0.503. The molecule has 5 rings (SSSR count). The average molecular weight is 485 g/mol. The first-order valence-electron chi connectivity index (χ1n) is 9.20. The fraction of sp³-hybridized carbons (Fsp3) is 0.150. The Bertz CT molecular complexity index is 1400. The van der Waals surface area contributed by atoms with Crippen LogP contribution in [0, 0.1) is 10.1 Å². The highest BCUT2D eigenvalue weighted by Crippen LogP contribution is 2.37. The molecule has 0 fully saturated rings. The lowest BCUT2D eigenvalue weighted by atomic mass is 10.1. The first-order chi connectivity index (χ1) is 15.0. The monoisotopic (exact) mass is 484 g/mol. The van der Waals surface area contributed by atoms with E-state index in [1.54, 1.807) is 12.1 Å². The molecule has 156 valence electrons. The third-order valence-corrected chi connectivity index (χ3v) is 5.29. The minimum Gasteiger partial charge on any atom is -0.486 e. The van der Waals surface area contributed by atoms with Gasteiger partial charge in [-0.2, -0.15) is 4.98 Å². The standard InChI is InChI=1S/C20H13BrN4O6/c21-12-1-2-14-10(5-12)6-13(20(26)22-14)19-23-18(31-24-19)8-11-7-16-17(30-4-3-29-16)9-15(11)25(27)28/h1-2,5-7,9H,3-4,8H2,(H,22,26). The van der Waals surface area contributed by atoms with Crippen molar-refractivity contribution in [3.05, 3.63) is 72.8 Å². The summed E-state index contributed by atoms with van der Waals surface area (Å²) in [7, 11) is 0. The van der Waals surface area contributed by atoms with Crippen molar-refractivity contribution in [2.45, 2.75) is 6.42 Å². The van der Waals surface area contributed by atoms with Gasteiger partial charge in [-0.3, -0.25) is 14.9 Å². The van der Waals surface area contributed by atoms with E-state index in [4.69, 9.17) is 14.0 Å². The molecule has 1 aliphatic rings. The second kappa shape index (κ2) is 7.51. The van der Waals surface area contributed by atoms with Crippen molar-refractivity contribution in [3.63, 3.8) is 0 Å². The molecule has 0 saturated carbocycles. The molecule has 0 atom stereocenters. The lowest BCUT2D eigenvalue weighted by Crippen LogP contribution is -2.16. The van der Waals surface area contributed by atoms with Crippen LogP contribution in [0.2, 0.25) is 0 Å². The van der Waals surface area contributed by atoms with Crippen molar-refractivity contribution in [3.8, 4) is 22.9 Å². The fourth-order valence-corrected chi connectivity index (χ4v) is 3.75. The van der Waals surface area contributed by atoms with Crippen LogP contribution in [-0.2, 0) is 6.42 Å². The first-order valence-corrected chi connectivity index (χ1v) is 10.00. The fourth-order valence-electron chi connectivity index (χ4n) is 3.37. The summed E-state index contributed by atoms with van der Waals surface area (Å²) in [4.78, 5) is 30.6. The van der Waals surface area contributed by atoms with Gasteiger partial charge in [0.2, 0.25) is 11.7 Å². The van der Waals surface area contributed by atoms with E-state index < -0.39 is 4.92 Å². The molecule has 0 aliphatic carbocycles. The van der Waals surface area contributed by atoms with Crippen molar-refractivity contribution in [2.24, 2.45) is 0 Å². The Labute approximate surface area is 182 Å². The maximum atomic E-state index is 12.5. The highest BCUT2D eigenvalue weighted by Gasteiger charge is 2.24. The molecule has 31 heavy (non-hydrogen) atoms. The lowest BCUT2D eigenvalue weighted by Gasteiger charge is -2.18. The Morgan fingerprint density at radius 1 is 1.13 bits per heavy atom. The Morgan fingerprint density at radius 2 is 1.90 bits per heavy atom. The van der Waals surface area contributed by atoms with Gasteiger partial charge in [-0.1, -0.05) is 21.1 Å². The van der Waals surface area contributed by atoms with E-state index in [9.17, 15) is 14.9 Å². The Kier molecular flexibility index (Phi) is 4.66. The zero-order chi connectivity index (χ0) is 21.5. The molecule has 0 bridgehead atoms. The topological polar surface area (TPSA) is 133 Å². The van der Waals surface area contributed by atoms with Crippen molar-refractivity contribution in [1.29, 1.82) is 0 Å². The number of nitro benzene ring substituents is 1. The average Bonchev–Trinajstić information content (AvgIpc) is 3.21. The van der Waals surface area contributed by atoms with Gasteiger partial charge in [0.1, 0.15) is 13.2 Å². The number of ether oxygens (including phenoxy) is 2. The third kappa shape index (κ3) is 3.63. The zero-order valence-electron chi connectivity index (χ0n) is 15.8. The molecule has 2 aromatic heterocycles. The van der Waals surface area contributed by atoms with Crippen LogP contribution in [0.25, 0.3) is 22.3 Å². The molecule has 2 aromatic carbocycles. The van der Waals surface area contributed by atoms with Crippen molar-refractivity contribution in [2.75, 3.05) is 13.2 Å². The molecule has 4 aromatic rings. The van der Waals surface area contributed by atoms with Gasteiger partial charge < -0.3 is 19.0 Å². The van der Waals surface area contributed by atoms with Crippen LogP contribution < -0.4 is 15.0 Å². The number of nitrogens with one attached hydrogen (secondary N) is 1. The summed E-state index contributed by atoms with van der Waals surface area (Å²) < 4.78 is 17.1. The molecule has 0 radical (unpaired) electrons. The van der Waals surface area contributed by atoms with Crippen LogP contribution in [0.3, 0.4) is 0 Å². The summed E-state index contributed by atoms with van der Waals surface area (Å²) in [5.41, 5.74) is 0.732. The molecule has 3 heterocycles. The molecule has 0 unspecified atom stereocenters. The van der Waals surface area contributed by atoms with E-state index in [2.05, 4.69) is 31.1 Å². The number of benzene rings is 2. The highest BCUT2D eigenvalue weighted by atomic mass is 79.9. The second-order valence-electron chi connectivity index (χ2n) is 6.81. The third-order valence-electron chi connectivity index (χ3n) is 4.80. The Morgan fingerprint density at radius 3 is 2.68 bits per heavy atom. The number of fused-ring (bicyclic) bond motifs is 2. The van der Waals surface area contributed by atoms with E-state index >= 15 is 0 Å². The maximum absolute atomic E-state index is 12.5. The molecule has 1 aliphatic heterocycles. The quantitative estimate of drug-likeness (QED) is 0.342. The van der Waals surface area contributed by atoms with Gasteiger partial charge in [0.25, 0.3) is 11.2 Å². The summed E-state index contributed by atoms with van der Waals surface area (Å²) in [5.74, 6) is 0.965. The summed E-state index contributed by atoms with van der Waals surface area (Å²) in [5, 5.41) is 16.2. The smallest absolute Gasteiger partial charge is 0.277 e. The van der Waals surface area contributed by atoms with Gasteiger partial charge >= 0.3 is 0 Å². The van der Waals surface area contributed by atoms with E-state index in [1.807, 2.05) is 12.1 Å². The van der Waals surface area contributed by atoms with Crippen LogP contribution >= 0.6 is 15.9 Å². The maximum Gasteiger partial charge on any atom is 0.277 e. The number of hydrogen-bond donors (Lipinski definition) is 1. The van der Waals surface area contributed by atoms with Crippen LogP contribution in [0.4, 0.5) is 5.69 Å². The lowest BCUT2D eigenvalue weighted by molar-refractivity contribution is -0.385. The first kappa shape index (κ1) is 19.2.